The van der Waals surface area contributed by atoms with Crippen LogP contribution in [0.25, 0.3) is 0 Å². The molecule has 3 heteroatoms. The zero-order chi connectivity index (χ0) is 12.3. The van der Waals surface area contributed by atoms with Crippen molar-refractivity contribution in [2.45, 2.75) is 34.2 Å². The van der Waals surface area contributed by atoms with Crippen molar-refractivity contribution in [1.82, 2.24) is 5.32 Å². The molecule has 0 bridgehead atoms. The standard InChI is InChI=1S/C13H19NO2/c1-8-6-12(7-14-11(4)15)9(2)10(3)13(8)16-5/h6H,7H2,1-5H3,(H,14,15). The van der Waals surface area contributed by atoms with Crippen LogP contribution >= 0.6 is 0 Å². The summed E-state index contributed by atoms with van der Waals surface area (Å²) in [4.78, 5) is 10.9. The second kappa shape index (κ2) is 5.01. The molecule has 0 spiro atoms. The van der Waals surface area contributed by atoms with Crippen molar-refractivity contribution in [3.05, 3.63) is 28.3 Å². The van der Waals surface area contributed by atoms with Crippen LogP contribution in [0.1, 0.15) is 29.2 Å². The van der Waals surface area contributed by atoms with Gasteiger partial charge in [-0.15, -0.1) is 0 Å². The van der Waals surface area contributed by atoms with E-state index in [1.807, 2.05) is 13.8 Å². The van der Waals surface area contributed by atoms with Crippen LogP contribution in [0.5, 0.6) is 5.75 Å². The Labute approximate surface area is 96.8 Å². The predicted molar refractivity (Wildman–Crippen MR) is 64.7 cm³/mol. The molecule has 3 nitrogen and oxygen atoms in total. The highest BCUT2D eigenvalue weighted by Crippen LogP contribution is 2.28. The zero-order valence-electron chi connectivity index (χ0n) is 10.6. The maximum Gasteiger partial charge on any atom is 0.217 e. The summed E-state index contributed by atoms with van der Waals surface area (Å²) in [5.41, 5.74) is 4.57. The first-order valence-corrected chi connectivity index (χ1v) is 5.35. The van der Waals surface area contributed by atoms with Crippen LogP contribution in [0.4, 0.5) is 0 Å². The molecule has 1 amide bonds. The summed E-state index contributed by atoms with van der Waals surface area (Å²) >= 11 is 0. The number of hydrogen-bond acceptors (Lipinski definition) is 2. The maximum atomic E-state index is 10.9. The SMILES string of the molecule is COc1c(C)cc(CNC(C)=O)c(C)c1C. The number of hydrogen-bond donors (Lipinski definition) is 1. The highest BCUT2D eigenvalue weighted by Gasteiger charge is 2.10. The fourth-order valence-corrected chi connectivity index (χ4v) is 1.86. The van der Waals surface area contributed by atoms with Crippen molar-refractivity contribution in [2.24, 2.45) is 0 Å². The average molecular weight is 221 g/mol. The van der Waals surface area contributed by atoms with E-state index in [1.165, 1.54) is 12.5 Å². The largest absolute Gasteiger partial charge is 0.496 e. The van der Waals surface area contributed by atoms with Crippen LogP contribution in [0.3, 0.4) is 0 Å². The summed E-state index contributed by atoms with van der Waals surface area (Å²) in [5.74, 6) is 0.926. The van der Waals surface area contributed by atoms with E-state index in [0.29, 0.717) is 6.54 Å². The average Bonchev–Trinajstić information content (AvgIpc) is 2.22. The Morgan fingerprint density at radius 2 is 1.94 bits per heavy atom. The van der Waals surface area contributed by atoms with E-state index >= 15 is 0 Å². The Bertz CT molecular complexity index is 411. The molecule has 0 aliphatic carbocycles. The van der Waals surface area contributed by atoms with Crippen LogP contribution in [0.2, 0.25) is 0 Å². The van der Waals surface area contributed by atoms with E-state index < -0.39 is 0 Å². The minimum absolute atomic E-state index is 0.00877. The Morgan fingerprint density at radius 3 is 2.44 bits per heavy atom. The molecule has 0 unspecified atom stereocenters. The number of ether oxygens (including phenoxy) is 1. The van der Waals surface area contributed by atoms with Gasteiger partial charge in [0.15, 0.2) is 0 Å². The Hall–Kier alpha value is -1.51. The first-order valence-electron chi connectivity index (χ1n) is 5.35. The number of methoxy groups -OCH3 is 1. The van der Waals surface area contributed by atoms with Crippen molar-refractivity contribution in [3.63, 3.8) is 0 Å². The second-order valence-electron chi connectivity index (χ2n) is 4.05. The van der Waals surface area contributed by atoms with Crippen molar-refractivity contribution in [2.75, 3.05) is 7.11 Å². The highest BCUT2D eigenvalue weighted by atomic mass is 16.5. The summed E-state index contributed by atoms with van der Waals surface area (Å²) < 4.78 is 5.35. The molecule has 1 aromatic rings. The topological polar surface area (TPSA) is 38.3 Å². The van der Waals surface area contributed by atoms with E-state index in [9.17, 15) is 4.79 Å². The first kappa shape index (κ1) is 12.6. The molecular weight excluding hydrogens is 202 g/mol. The van der Waals surface area contributed by atoms with Gasteiger partial charge >= 0.3 is 0 Å². The van der Waals surface area contributed by atoms with Gasteiger partial charge in [0.2, 0.25) is 5.91 Å². The fourth-order valence-electron chi connectivity index (χ4n) is 1.86. The van der Waals surface area contributed by atoms with Crippen LogP contribution in [0, 0.1) is 20.8 Å². The molecule has 0 aromatic heterocycles. The number of benzene rings is 1. The van der Waals surface area contributed by atoms with Gasteiger partial charge in [0, 0.05) is 13.5 Å². The summed E-state index contributed by atoms with van der Waals surface area (Å²) in [7, 11) is 1.68. The number of rotatable bonds is 3. The first-order chi connectivity index (χ1) is 7.47. The summed E-state index contributed by atoms with van der Waals surface area (Å²) in [6.07, 6.45) is 0. The highest BCUT2D eigenvalue weighted by molar-refractivity contribution is 5.72. The Kier molecular flexibility index (Phi) is 3.93. The number of aryl methyl sites for hydroxylation is 1. The summed E-state index contributed by atoms with van der Waals surface area (Å²) in [5, 5.41) is 2.81. The number of amides is 1. The van der Waals surface area contributed by atoms with Crippen molar-refractivity contribution < 1.29 is 9.53 Å². The van der Waals surface area contributed by atoms with Gasteiger partial charge in [-0.2, -0.15) is 0 Å². The van der Waals surface area contributed by atoms with Gasteiger partial charge < -0.3 is 10.1 Å². The van der Waals surface area contributed by atoms with Crippen molar-refractivity contribution in [1.29, 1.82) is 0 Å². The molecule has 1 N–H and O–H groups in total. The van der Waals surface area contributed by atoms with E-state index in [0.717, 1.165) is 22.4 Å². The lowest BCUT2D eigenvalue weighted by Crippen LogP contribution is -2.19. The predicted octanol–water partition coefficient (Wildman–Crippen LogP) is 2.26. The number of carbonyl (C=O) groups excluding carboxylic acids is 1. The van der Waals surface area contributed by atoms with Gasteiger partial charge in [-0.1, -0.05) is 6.07 Å². The number of carbonyl (C=O) groups is 1. The molecular formula is C13H19NO2. The normalized spacial score (nSPS) is 10.1. The third-order valence-corrected chi connectivity index (χ3v) is 2.87. The number of nitrogens with one attached hydrogen (secondary N) is 1. The Balaban J connectivity index is 3.08. The molecule has 0 saturated carbocycles. The molecule has 0 heterocycles. The molecule has 16 heavy (non-hydrogen) atoms. The smallest absolute Gasteiger partial charge is 0.217 e. The van der Waals surface area contributed by atoms with Crippen LogP contribution in [-0.4, -0.2) is 13.0 Å². The van der Waals surface area contributed by atoms with Crippen LogP contribution in [0.15, 0.2) is 6.07 Å². The Morgan fingerprint density at radius 1 is 1.31 bits per heavy atom. The van der Waals surface area contributed by atoms with E-state index in [2.05, 4.69) is 18.3 Å². The van der Waals surface area contributed by atoms with E-state index in [4.69, 9.17) is 4.74 Å². The van der Waals surface area contributed by atoms with Gasteiger partial charge in [-0.25, -0.2) is 0 Å². The lowest BCUT2D eigenvalue weighted by molar-refractivity contribution is -0.119. The molecule has 1 rings (SSSR count). The minimum Gasteiger partial charge on any atom is -0.496 e. The third-order valence-electron chi connectivity index (χ3n) is 2.87. The molecule has 88 valence electrons. The molecule has 0 aliphatic rings. The van der Waals surface area contributed by atoms with Gasteiger partial charge in [0.05, 0.1) is 7.11 Å². The molecule has 0 aliphatic heterocycles. The van der Waals surface area contributed by atoms with Crippen molar-refractivity contribution >= 4 is 5.91 Å². The minimum atomic E-state index is -0.00877. The zero-order valence-corrected chi connectivity index (χ0v) is 10.6. The molecule has 0 atom stereocenters. The van der Waals surface area contributed by atoms with E-state index in [-0.39, 0.29) is 5.91 Å². The lowest BCUT2D eigenvalue weighted by Gasteiger charge is -2.15. The molecule has 0 saturated heterocycles. The van der Waals surface area contributed by atoms with E-state index in [1.54, 1.807) is 7.11 Å². The van der Waals surface area contributed by atoms with Crippen molar-refractivity contribution in [3.8, 4) is 5.75 Å². The van der Waals surface area contributed by atoms with Gasteiger partial charge in [0.1, 0.15) is 5.75 Å². The van der Waals surface area contributed by atoms with Gasteiger partial charge in [-0.05, 0) is 43.0 Å². The lowest BCUT2D eigenvalue weighted by atomic mass is 9.98. The third kappa shape index (κ3) is 2.54. The quantitative estimate of drug-likeness (QED) is 0.850. The fraction of sp³-hybridized carbons (Fsp3) is 0.462. The van der Waals surface area contributed by atoms with Gasteiger partial charge in [0.25, 0.3) is 0 Å². The maximum absolute atomic E-state index is 10.9. The van der Waals surface area contributed by atoms with Gasteiger partial charge in [-0.3, -0.25) is 4.79 Å². The second-order valence-corrected chi connectivity index (χ2v) is 4.05. The van der Waals surface area contributed by atoms with Crippen LogP contribution < -0.4 is 10.1 Å². The van der Waals surface area contributed by atoms with Crippen LogP contribution in [-0.2, 0) is 11.3 Å². The summed E-state index contributed by atoms with van der Waals surface area (Å²) in [6, 6.07) is 2.07. The molecule has 1 aromatic carbocycles. The molecule has 0 fully saturated rings. The summed E-state index contributed by atoms with van der Waals surface area (Å²) in [6.45, 7) is 8.21. The molecule has 0 radical (unpaired) electrons. The monoisotopic (exact) mass is 221 g/mol.